The Morgan fingerprint density at radius 3 is 2.32 bits per heavy atom. The fourth-order valence-corrected chi connectivity index (χ4v) is 3.02. The Morgan fingerprint density at radius 2 is 1.64 bits per heavy atom. The Morgan fingerprint density at radius 1 is 1.00 bits per heavy atom. The largest absolute Gasteiger partial charge is 0.442 e. The van der Waals surface area contributed by atoms with E-state index in [2.05, 4.69) is 16.9 Å². The smallest absolute Gasteiger partial charge is 0.347 e. The fourth-order valence-electron chi connectivity index (χ4n) is 3.02. The molecule has 0 unspecified atom stereocenters. The number of aromatic nitrogens is 2. The molecule has 0 radical (unpaired) electrons. The topological polar surface area (TPSA) is 68.1 Å². The van der Waals surface area contributed by atoms with E-state index in [0.717, 1.165) is 24.2 Å². The summed E-state index contributed by atoms with van der Waals surface area (Å²) in [5.74, 6) is 0.724. The van der Waals surface area contributed by atoms with Crippen LogP contribution in [-0.2, 0) is 11.3 Å². The molecular formula is C20H32N2O3. The van der Waals surface area contributed by atoms with Crippen LogP contribution in [0.25, 0.3) is 11.1 Å². The SMILES string of the molecule is CCCCCCCCCCCCCOCc1cc2cnc(=O)[nH]c2o1. The van der Waals surface area contributed by atoms with E-state index in [1.54, 1.807) is 0 Å². The van der Waals surface area contributed by atoms with Gasteiger partial charge in [0.15, 0.2) is 0 Å². The van der Waals surface area contributed by atoms with Gasteiger partial charge in [-0.3, -0.25) is 4.98 Å². The number of aromatic amines is 1. The molecule has 0 amide bonds. The molecule has 0 saturated carbocycles. The van der Waals surface area contributed by atoms with Gasteiger partial charge in [0.1, 0.15) is 12.4 Å². The summed E-state index contributed by atoms with van der Waals surface area (Å²) in [4.78, 5) is 17.4. The van der Waals surface area contributed by atoms with Crippen LogP contribution in [0.15, 0.2) is 21.5 Å². The number of fused-ring (bicyclic) bond motifs is 1. The molecule has 2 heterocycles. The molecule has 0 aliphatic carbocycles. The normalized spacial score (nSPS) is 11.4. The zero-order valence-electron chi connectivity index (χ0n) is 15.5. The molecule has 2 rings (SSSR count). The van der Waals surface area contributed by atoms with Crippen molar-refractivity contribution in [3.63, 3.8) is 0 Å². The van der Waals surface area contributed by atoms with Crippen molar-refractivity contribution in [2.24, 2.45) is 0 Å². The number of H-pyrrole nitrogens is 1. The molecule has 5 heteroatoms. The van der Waals surface area contributed by atoms with E-state index in [0.29, 0.717) is 12.3 Å². The lowest BCUT2D eigenvalue weighted by Crippen LogP contribution is -2.07. The van der Waals surface area contributed by atoms with Crippen molar-refractivity contribution < 1.29 is 9.15 Å². The molecule has 2 aromatic heterocycles. The lowest BCUT2D eigenvalue weighted by Gasteiger charge is -2.03. The summed E-state index contributed by atoms with van der Waals surface area (Å²) >= 11 is 0. The van der Waals surface area contributed by atoms with Crippen LogP contribution >= 0.6 is 0 Å². The summed E-state index contributed by atoms with van der Waals surface area (Å²) < 4.78 is 11.2. The van der Waals surface area contributed by atoms with Crippen LogP contribution in [0, 0.1) is 0 Å². The van der Waals surface area contributed by atoms with E-state index in [9.17, 15) is 4.79 Å². The highest BCUT2D eigenvalue weighted by molar-refractivity contribution is 5.72. The van der Waals surface area contributed by atoms with Crippen LogP contribution < -0.4 is 5.69 Å². The van der Waals surface area contributed by atoms with Gasteiger partial charge in [-0.15, -0.1) is 0 Å². The number of nitrogens with zero attached hydrogens (tertiary/aromatic N) is 1. The van der Waals surface area contributed by atoms with Crippen LogP contribution in [-0.4, -0.2) is 16.6 Å². The van der Waals surface area contributed by atoms with Gasteiger partial charge in [0.2, 0.25) is 5.71 Å². The van der Waals surface area contributed by atoms with Crippen LogP contribution in [0.2, 0.25) is 0 Å². The second-order valence-corrected chi connectivity index (χ2v) is 6.77. The quantitative estimate of drug-likeness (QED) is 0.468. The van der Waals surface area contributed by atoms with Gasteiger partial charge in [-0.1, -0.05) is 71.1 Å². The molecule has 2 aromatic rings. The average Bonchev–Trinajstić information content (AvgIpc) is 3.01. The van der Waals surface area contributed by atoms with Gasteiger partial charge in [0.25, 0.3) is 0 Å². The van der Waals surface area contributed by atoms with E-state index in [1.807, 2.05) is 6.07 Å². The number of hydrogen-bond donors (Lipinski definition) is 1. The maximum absolute atomic E-state index is 11.1. The first-order valence-corrected chi connectivity index (χ1v) is 9.85. The average molecular weight is 348 g/mol. The van der Waals surface area contributed by atoms with Crippen molar-refractivity contribution in [1.82, 2.24) is 9.97 Å². The zero-order chi connectivity index (χ0) is 17.7. The molecule has 0 saturated heterocycles. The first kappa shape index (κ1) is 19.7. The van der Waals surface area contributed by atoms with Gasteiger partial charge in [-0.2, -0.15) is 0 Å². The summed E-state index contributed by atoms with van der Waals surface area (Å²) in [6, 6.07) is 1.86. The maximum atomic E-state index is 11.1. The van der Waals surface area contributed by atoms with Crippen molar-refractivity contribution in [3.8, 4) is 0 Å². The number of rotatable bonds is 14. The van der Waals surface area contributed by atoms with Crippen LogP contribution in [0.4, 0.5) is 0 Å². The molecule has 25 heavy (non-hydrogen) atoms. The van der Waals surface area contributed by atoms with Crippen LogP contribution in [0.5, 0.6) is 0 Å². The standard InChI is InChI=1S/C20H32N2O3/c1-2-3-4-5-6-7-8-9-10-11-12-13-24-16-18-14-17-15-21-20(23)22-19(17)25-18/h14-15H,2-13,16H2,1H3,(H,21,22,23). The predicted molar refractivity (Wildman–Crippen MR) is 101 cm³/mol. The number of unbranched alkanes of at least 4 members (excludes halogenated alkanes) is 10. The molecule has 5 nitrogen and oxygen atoms in total. The molecule has 0 aliphatic heterocycles. The minimum absolute atomic E-state index is 0.393. The molecule has 0 aromatic carbocycles. The Kier molecular flexibility index (Phi) is 9.34. The molecule has 0 bridgehead atoms. The Balaban J connectivity index is 1.43. The summed E-state index contributed by atoms with van der Waals surface area (Å²) in [6.45, 7) is 3.46. The van der Waals surface area contributed by atoms with Gasteiger partial charge in [-0.05, 0) is 12.5 Å². The zero-order valence-corrected chi connectivity index (χ0v) is 15.5. The van der Waals surface area contributed by atoms with E-state index in [4.69, 9.17) is 9.15 Å². The highest BCUT2D eigenvalue weighted by Crippen LogP contribution is 2.16. The summed E-state index contributed by atoms with van der Waals surface area (Å²) in [7, 11) is 0. The first-order chi connectivity index (χ1) is 12.3. The first-order valence-electron chi connectivity index (χ1n) is 9.85. The van der Waals surface area contributed by atoms with Crippen molar-refractivity contribution in [1.29, 1.82) is 0 Å². The number of ether oxygens (including phenoxy) is 1. The minimum atomic E-state index is -0.393. The number of furan rings is 1. The fraction of sp³-hybridized carbons (Fsp3) is 0.700. The summed E-state index contributed by atoms with van der Waals surface area (Å²) in [6.07, 6.45) is 16.2. The molecule has 0 atom stereocenters. The van der Waals surface area contributed by atoms with Gasteiger partial charge >= 0.3 is 5.69 Å². The molecule has 0 aliphatic rings. The number of nitrogens with one attached hydrogen (secondary N) is 1. The van der Waals surface area contributed by atoms with E-state index in [-0.39, 0.29) is 0 Å². The van der Waals surface area contributed by atoms with Crippen molar-refractivity contribution in [3.05, 3.63) is 28.5 Å². The molecule has 1 N–H and O–H groups in total. The van der Waals surface area contributed by atoms with Crippen LogP contribution in [0.1, 0.15) is 83.3 Å². The van der Waals surface area contributed by atoms with Gasteiger partial charge in [-0.25, -0.2) is 9.78 Å². The third kappa shape index (κ3) is 7.86. The second kappa shape index (κ2) is 11.9. The monoisotopic (exact) mass is 348 g/mol. The van der Waals surface area contributed by atoms with Gasteiger partial charge in [0, 0.05) is 12.8 Å². The minimum Gasteiger partial charge on any atom is -0.442 e. The van der Waals surface area contributed by atoms with Gasteiger partial charge < -0.3 is 9.15 Å². The molecule has 0 spiro atoms. The van der Waals surface area contributed by atoms with E-state index in [1.165, 1.54) is 70.4 Å². The highest BCUT2D eigenvalue weighted by atomic mass is 16.5. The van der Waals surface area contributed by atoms with Crippen molar-refractivity contribution in [2.45, 2.75) is 84.2 Å². The second-order valence-electron chi connectivity index (χ2n) is 6.77. The molecular weight excluding hydrogens is 316 g/mol. The third-order valence-electron chi connectivity index (χ3n) is 4.49. The van der Waals surface area contributed by atoms with Gasteiger partial charge in [0.05, 0.1) is 5.39 Å². The molecule has 0 fully saturated rings. The molecule has 140 valence electrons. The Bertz CT molecular complexity index is 648. The highest BCUT2D eigenvalue weighted by Gasteiger charge is 2.05. The lowest BCUT2D eigenvalue weighted by atomic mass is 10.1. The van der Waals surface area contributed by atoms with Crippen molar-refractivity contribution in [2.75, 3.05) is 6.61 Å². The Hall–Kier alpha value is -1.62. The maximum Gasteiger partial charge on any atom is 0.347 e. The van der Waals surface area contributed by atoms with E-state index < -0.39 is 5.69 Å². The Labute approximate surface area is 150 Å². The number of hydrogen-bond acceptors (Lipinski definition) is 4. The third-order valence-corrected chi connectivity index (χ3v) is 4.49. The summed E-state index contributed by atoms with van der Waals surface area (Å²) in [5, 5.41) is 0.799. The predicted octanol–water partition coefficient (Wildman–Crippen LogP) is 5.34. The summed E-state index contributed by atoms with van der Waals surface area (Å²) in [5.41, 5.74) is 0.0728. The van der Waals surface area contributed by atoms with E-state index >= 15 is 0 Å². The van der Waals surface area contributed by atoms with Crippen molar-refractivity contribution >= 4 is 11.1 Å². The lowest BCUT2D eigenvalue weighted by molar-refractivity contribution is 0.103. The van der Waals surface area contributed by atoms with Crippen LogP contribution in [0.3, 0.4) is 0 Å².